The molecule has 0 spiro atoms. The van der Waals surface area contributed by atoms with Crippen LogP contribution in [0.15, 0.2) is 121 Å². The van der Waals surface area contributed by atoms with Crippen molar-refractivity contribution < 1.29 is 0 Å². The third-order valence-electron chi connectivity index (χ3n) is 8.36. The number of hydrogen-bond donors (Lipinski definition) is 0. The molecule has 2 nitrogen and oxygen atoms in total. The summed E-state index contributed by atoms with van der Waals surface area (Å²) >= 11 is 0. The first-order chi connectivity index (χ1) is 20.7. The van der Waals surface area contributed by atoms with Crippen LogP contribution in [0.5, 0.6) is 0 Å². The smallest absolute Gasteiger partial charge is 0.0323 e. The molecule has 1 saturated heterocycles. The Balaban J connectivity index is 1.52. The summed E-state index contributed by atoms with van der Waals surface area (Å²) in [6.07, 6.45) is 8.04. The molecule has 0 amide bonds. The molecule has 4 heteroatoms. The quantitative estimate of drug-likeness (QED) is 0.107. The van der Waals surface area contributed by atoms with Gasteiger partial charge in [-0.25, -0.2) is 4.44 Å². The maximum atomic E-state index is 2.96. The number of unbranched alkanes of at least 4 members (excludes halogenated alkanes) is 2. The van der Waals surface area contributed by atoms with Crippen molar-refractivity contribution in [2.24, 2.45) is 11.8 Å². The van der Waals surface area contributed by atoms with Gasteiger partial charge in [0, 0.05) is 35.8 Å². The number of piperidine rings is 1. The first kappa shape index (κ1) is 31.1. The fraction of sp³-hybridized carbons (Fsp3) is 0.368. The molecule has 4 aromatic carbocycles. The summed E-state index contributed by atoms with van der Waals surface area (Å²) in [4.78, 5) is 2.80. The molecule has 1 unspecified atom stereocenters. The van der Waals surface area contributed by atoms with Gasteiger partial charge in [0.05, 0.1) is 0 Å². The minimum Gasteiger partial charge on any atom is -0.303 e. The summed E-state index contributed by atoms with van der Waals surface area (Å²) in [5, 5.41) is 5.76. The van der Waals surface area contributed by atoms with E-state index in [0.717, 1.165) is 12.5 Å². The van der Waals surface area contributed by atoms with E-state index in [1.807, 2.05) is 0 Å². The van der Waals surface area contributed by atoms with Crippen molar-refractivity contribution in [3.8, 4) is 0 Å². The molecule has 1 aliphatic heterocycles. The second-order valence-electron chi connectivity index (χ2n) is 11.9. The molecular weight excluding hydrogens is 546 g/mol. The third-order valence-corrected chi connectivity index (χ3v) is 13.8. The molecule has 0 N–H and O–H groups in total. The van der Waals surface area contributed by atoms with E-state index < -0.39 is 16.1 Å². The summed E-state index contributed by atoms with van der Waals surface area (Å²) in [6, 6.07) is 45.3. The van der Waals surface area contributed by atoms with Gasteiger partial charge in [-0.1, -0.05) is 154 Å². The topological polar surface area (TPSA) is 6.48 Å². The lowest BCUT2D eigenvalue weighted by Crippen LogP contribution is -2.43. The Morgan fingerprint density at radius 3 is 1.57 bits per heavy atom. The molecule has 4 aromatic rings. The van der Waals surface area contributed by atoms with E-state index in [1.165, 1.54) is 79.4 Å². The van der Waals surface area contributed by atoms with Crippen LogP contribution in [0.2, 0.25) is 0 Å². The zero-order chi connectivity index (χ0) is 29.0. The zero-order valence-electron chi connectivity index (χ0n) is 25.6. The molecular formula is C38H48N2P2. The third kappa shape index (κ3) is 8.61. The minimum absolute atomic E-state index is 0.663. The van der Waals surface area contributed by atoms with Crippen LogP contribution in [0.4, 0.5) is 0 Å². The summed E-state index contributed by atoms with van der Waals surface area (Å²) in [5.74, 6) is 1.44. The highest BCUT2D eigenvalue weighted by Gasteiger charge is 2.34. The Hall–Kier alpha value is -2.34. The highest BCUT2D eigenvalue weighted by Crippen LogP contribution is 2.55. The van der Waals surface area contributed by atoms with Crippen molar-refractivity contribution in [2.45, 2.75) is 52.4 Å². The normalized spacial score (nSPS) is 16.7. The molecule has 0 bridgehead atoms. The lowest BCUT2D eigenvalue weighted by molar-refractivity contribution is 0.147. The van der Waals surface area contributed by atoms with E-state index in [0.29, 0.717) is 5.92 Å². The van der Waals surface area contributed by atoms with Crippen LogP contribution in [0.1, 0.15) is 52.4 Å². The average Bonchev–Trinajstić information content (AvgIpc) is 3.04. The van der Waals surface area contributed by atoms with E-state index in [-0.39, 0.29) is 0 Å². The Kier molecular flexibility index (Phi) is 12.2. The molecule has 5 rings (SSSR count). The van der Waals surface area contributed by atoms with E-state index in [1.54, 1.807) is 0 Å². The van der Waals surface area contributed by atoms with E-state index >= 15 is 0 Å². The highest BCUT2D eigenvalue weighted by molar-refractivity contribution is 7.84. The van der Waals surface area contributed by atoms with E-state index in [9.17, 15) is 0 Å². The molecule has 1 heterocycles. The van der Waals surface area contributed by atoms with Gasteiger partial charge in [0.2, 0.25) is 0 Å². The lowest BCUT2D eigenvalue weighted by atomic mass is 9.96. The fourth-order valence-corrected chi connectivity index (χ4v) is 12.6. The van der Waals surface area contributed by atoms with E-state index in [4.69, 9.17) is 0 Å². The van der Waals surface area contributed by atoms with Crippen molar-refractivity contribution >= 4 is 37.4 Å². The van der Waals surface area contributed by atoms with Crippen LogP contribution in [0, 0.1) is 11.8 Å². The number of rotatable bonds is 14. The number of benzene rings is 4. The van der Waals surface area contributed by atoms with Gasteiger partial charge in [0.25, 0.3) is 0 Å². The van der Waals surface area contributed by atoms with Crippen molar-refractivity contribution in [2.75, 3.05) is 26.2 Å². The predicted octanol–water partition coefficient (Wildman–Crippen LogP) is 8.31. The van der Waals surface area contributed by atoms with Crippen LogP contribution in [-0.2, 0) is 0 Å². The predicted molar refractivity (Wildman–Crippen MR) is 187 cm³/mol. The van der Waals surface area contributed by atoms with Gasteiger partial charge < -0.3 is 4.90 Å². The molecule has 0 saturated carbocycles. The van der Waals surface area contributed by atoms with Gasteiger partial charge in [-0.15, -0.1) is 0 Å². The van der Waals surface area contributed by atoms with Crippen LogP contribution in [0.3, 0.4) is 0 Å². The number of hydrogen-bond acceptors (Lipinski definition) is 2. The van der Waals surface area contributed by atoms with Gasteiger partial charge in [0.1, 0.15) is 0 Å². The molecule has 1 aliphatic rings. The molecule has 0 radical (unpaired) electrons. The Labute approximate surface area is 257 Å². The van der Waals surface area contributed by atoms with Gasteiger partial charge in [0.15, 0.2) is 0 Å². The van der Waals surface area contributed by atoms with Crippen LogP contribution in [-0.4, -0.2) is 35.5 Å². The molecule has 42 heavy (non-hydrogen) atoms. The monoisotopic (exact) mass is 594 g/mol. The zero-order valence-corrected chi connectivity index (χ0v) is 27.4. The number of likely N-dealkylation sites (tertiary alicyclic amines) is 1. The summed E-state index contributed by atoms with van der Waals surface area (Å²) in [7, 11) is -1.45. The first-order valence-corrected chi connectivity index (χ1v) is 18.6. The van der Waals surface area contributed by atoms with Gasteiger partial charge >= 0.3 is 0 Å². The Morgan fingerprint density at radius 2 is 1.14 bits per heavy atom. The fourth-order valence-electron chi connectivity index (χ4n) is 6.33. The van der Waals surface area contributed by atoms with Crippen molar-refractivity contribution in [3.05, 3.63) is 121 Å². The van der Waals surface area contributed by atoms with Crippen molar-refractivity contribution in [1.29, 1.82) is 0 Å². The molecule has 2 atom stereocenters. The van der Waals surface area contributed by atoms with Gasteiger partial charge in [-0.05, 0) is 58.9 Å². The Morgan fingerprint density at radius 1 is 0.690 bits per heavy atom. The summed E-state index contributed by atoms with van der Waals surface area (Å²) in [5.41, 5.74) is 0. The maximum Gasteiger partial charge on any atom is 0.0323 e. The lowest BCUT2D eigenvalue weighted by Gasteiger charge is -2.43. The highest BCUT2D eigenvalue weighted by atomic mass is 31.2. The van der Waals surface area contributed by atoms with Crippen molar-refractivity contribution in [1.82, 2.24) is 9.34 Å². The maximum absolute atomic E-state index is 2.96. The summed E-state index contributed by atoms with van der Waals surface area (Å²) < 4.78 is 2.96. The van der Waals surface area contributed by atoms with Crippen LogP contribution >= 0.6 is 16.1 Å². The SMILES string of the molecule is CCCCCC(C)CN1CCC[C@H](CN(P(c2ccccc2)c2ccccc2)P(c2ccccc2)c2ccccc2)C1. The van der Waals surface area contributed by atoms with Crippen LogP contribution < -0.4 is 21.2 Å². The van der Waals surface area contributed by atoms with Crippen molar-refractivity contribution in [3.63, 3.8) is 0 Å². The average molecular weight is 595 g/mol. The number of nitrogens with zero attached hydrogens (tertiary/aromatic N) is 2. The Bertz CT molecular complexity index is 1120. The second-order valence-corrected chi connectivity index (χ2v) is 16.5. The van der Waals surface area contributed by atoms with Crippen LogP contribution in [0.25, 0.3) is 0 Å². The van der Waals surface area contributed by atoms with E-state index in [2.05, 4.69) is 145 Å². The standard InChI is InChI=1S/C38H48N2P2/c1-3-4-9-19-33(2)30-39-29-18-20-34(31-39)32-40(41(35-21-10-5-11-22-35)36-23-12-6-13-24-36)42(37-25-14-7-15-26-37)38-27-16-8-17-28-38/h5-8,10-17,21-28,33-34H,3-4,9,18-20,29-32H2,1-2H3/t33?,34-/m0/s1. The second kappa shape index (κ2) is 16.5. The summed E-state index contributed by atoms with van der Waals surface area (Å²) in [6.45, 7) is 9.62. The molecule has 220 valence electrons. The largest absolute Gasteiger partial charge is 0.303 e. The first-order valence-electron chi connectivity index (χ1n) is 16.0. The molecule has 0 aliphatic carbocycles. The van der Waals surface area contributed by atoms with Gasteiger partial charge in [-0.3, -0.25) is 0 Å². The minimum atomic E-state index is -0.723. The molecule has 0 aromatic heterocycles. The van der Waals surface area contributed by atoms with Gasteiger partial charge in [-0.2, -0.15) is 0 Å². The molecule has 1 fully saturated rings.